The van der Waals surface area contributed by atoms with Crippen LogP contribution in [0.1, 0.15) is 12.8 Å². The smallest absolute Gasteiger partial charge is 0.384 e. The second-order valence-corrected chi connectivity index (χ2v) is 4.50. The lowest BCUT2D eigenvalue weighted by atomic mass is 9.70. The molecule has 0 aromatic heterocycles. The third-order valence-corrected chi connectivity index (χ3v) is 3.25. The fraction of sp³-hybridized carbons (Fsp3) is 1.00. The van der Waals surface area contributed by atoms with Gasteiger partial charge in [-0.3, -0.25) is 0 Å². The predicted molar refractivity (Wildman–Crippen MR) is 44.9 cm³/mol. The van der Waals surface area contributed by atoms with Crippen LogP contribution in [0.15, 0.2) is 0 Å². The number of aliphatic hydroxyl groups excluding tert-OH is 1. The zero-order chi connectivity index (χ0) is 17.1. The average molecular weight is 340 g/mol. The first kappa shape index (κ1) is 18.2. The van der Waals surface area contributed by atoms with Crippen LogP contribution >= 0.6 is 0 Å². The van der Waals surface area contributed by atoms with E-state index in [1.54, 1.807) is 0 Å². The first-order chi connectivity index (χ1) is 9.06. The van der Waals surface area contributed by atoms with E-state index in [0.29, 0.717) is 0 Å². The lowest BCUT2D eigenvalue weighted by molar-refractivity contribution is -0.485. The van der Waals surface area contributed by atoms with Crippen molar-refractivity contribution in [3.63, 3.8) is 0 Å². The molecule has 0 atom stereocenters. The Morgan fingerprint density at radius 1 is 0.524 bits per heavy atom. The topological polar surface area (TPSA) is 20.2 Å². The molecule has 0 amide bonds. The molecule has 0 aliphatic heterocycles. The van der Waals surface area contributed by atoms with E-state index in [-0.39, 0.29) is 0 Å². The van der Waals surface area contributed by atoms with Crippen LogP contribution in [0, 0.1) is 0 Å². The fourth-order valence-corrected chi connectivity index (χ4v) is 1.92. The van der Waals surface area contributed by atoms with Crippen molar-refractivity contribution in [1.29, 1.82) is 0 Å². The van der Waals surface area contributed by atoms with Crippen molar-refractivity contribution in [3.8, 4) is 0 Å². The van der Waals surface area contributed by atoms with Gasteiger partial charge in [-0.1, -0.05) is 0 Å². The first-order valence-electron chi connectivity index (χ1n) is 5.25. The molecular weight excluding hydrogens is 333 g/mol. The van der Waals surface area contributed by atoms with Gasteiger partial charge in [0.25, 0.3) is 0 Å². The maximum absolute atomic E-state index is 13.7. The van der Waals surface area contributed by atoms with Gasteiger partial charge in [0, 0.05) is 6.61 Å². The number of hydrogen-bond donors (Lipinski definition) is 1. The Bertz CT molecular complexity index is 386. The predicted octanol–water partition coefficient (Wildman–Crippen LogP) is 3.66. The molecule has 12 heteroatoms. The summed E-state index contributed by atoms with van der Waals surface area (Å²) in [5.41, 5.74) is -5.96. The molecule has 1 rings (SSSR count). The highest BCUT2D eigenvalue weighted by molar-refractivity contribution is 5.26. The Balaban J connectivity index is 3.66. The normalized spacial score (nSPS) is 30.9. The molecule has 21 heavy (non-hydrogen) atoms. The van der Waals surface area contributed by atoms with Crippen LogP contribution in [0.4, 0.5) is 48.3 Å². The summed E-state index contributed by atoms with van der Waals surface area (Å²) < 4.78 is 144. The van der Waals surface area contributed by atoms with Gasteiger partial charge in [0.1, 0.15) is 0 Å². The second-order valence-electron chi connectivity index (χ2n) is 4.50. The maximum atomic E-state index is 13.7. The monoisotopic (exact) mass is 340 g/mol. The van der Waals surface area contributed by atoms with Crippen LogP contribution in [0.3, 0.4) is 0 Å². The van der Waals surface area contributed by atoms with Crippen molar-refractivity contribution >= 4 is 0 Å². The molecule has 1 aliphatic rings. The Morgan fingerprint density at radius 2 is 0.810 bits per heavy atom. The van der Waals surface area contributed by atoms with E-state index in [9.17, 15) is 48.3 Å². The van der Waals surface area contributed by atoms with Crippen molar-refractivity contribution in [1.82, 2.24) is 0 Å². The molecule has 1 N–H and O–H groups in total. The lowest BCUT2D eigenvalue weighted by Crippen LogP contribution is -2.83. The van der Waals surface area contributed by atoms with Gasteiger partial charge in [0.15, 0.2) is 0 Å². The number of halogens is 11. The van der Waals surface area contributed by atoms with E-state index in [0.717, 1.165) is 0 Å². The summed E-state index contributed by atoms with van der Waals surface area (Å²) in [5.74, 6) is -34.9. The van der Waals surface area contributed by atoms with Gasteiger partial charge in [-0.15, -0.1) is 0 Å². The molecular formula is C9H7F11O. The zero-order valence-corrected chi connectivity index (χ0v) is 9.73. The largest absolute Gasteiger partial charge is 0.396 e. The van der Waals surface area contributed by atoms with Gasteiger partial charge in [-0.05, 0) is 12.8 Å². The highest BCUT2D eigenvalue weighted by Gasteiger charge is 3.00. The van der Waals surface area contributed by atoms with Gasteiger partial charge < -0.3 is 5.11 Å². The highest BCUT2D eigenvalue weighted by Crippen LogP contribution is 2.70. The van der Waals surface area contributed by atoms with Crippen molar-refractivity contribution in [2.75, 3.05) is 6.61 Å². The number of aliphatic hydroxyl groups is 1. The number of alkyl halides is 11. The molecule has 0 bridgehead atoms. The summed E-state index contributed by atoms with van der Waals surface area (Å²) in [6.45, 7) is -1.29. The average Bonchev–Trinajstić information content (AvgIpc) is 2.33. The molecule has 0 saturated heterocycles. The third-order valence-electron chi connectivity index (χ3n) is 3.25. The molecule has 1 saturated carbocycles. The van der Waals surface area contributed by atoms with Crippen LogP contribution in [0.25, 0.3) is 0 Å². The van der Waals surface area contributed by atoms with E-state index in [2.05, 4.69) is 0 Å². The SMILES string of the molecule is OCCCC1(F)C(F)(F)C(F)(F)C(F)(F)C(F)(F)C1(F)F. The quantitative estimate of drug-likeness (QED) is 0.778. The van der Waals surface area contributed by atoms with Gasteiger partial charge >= 0.3 is 29.6 Å². The maximum Gasteiger partial charge on any atom is 0.384 e. The number of rotatable bonds is 3. The summed E-state index contributed by atoms with van der Waals surface area (Å²) >= 11 is 0. The summed E-state index contributed by atoms with van der Waals surface area (Å²) in [4.78, 5) is 0. The Kier molecular flexibility index (Phi) is 3.78. The summed E-state index contributed by atoms with van der Waals surface area (Å²) in [5, 5.41) is 8.24. The van der Waals surface area contributed by atoms with Gasteiger partial charge in [0.2, 0.25) is 5.67 Å². The van der Waals surface area contributed by atoms with Crippen LogP contribution in [-0.2, 0) is 0 Å². The Hall–Kier alpha value is -0.810. The van der Waals surface area contributed by atoms with Crippen molar-refractivity contribution in [2.45, 2.75) is 48.1 Å². The minimum Gasteiger partial charge on any atom is -0.396 e. The third kappa shape index (κ3) is 1.67. The molecule has 0 aromatic carbocycles. The molecule has 126 valence electrons. The minimum atomic E-state index is -7.18. The molecule has 0 unspecified atom stereocenters. The Morgan fingerprint density at radius 3 is 1.10 bits per heavy atom. The molecule has 0 radical (unpaired) electrons. The van der Waals surface area contributed by atoms with Crippen molar-refractivity contribution in [2.24, 2.45) is 0 Å². The van der Waals surface area contributed by atoms with E-state index in [1.165, 1.54) is 0 Å². The number of hydrogen-bond acceptors (Lipinski definition) is 1. The van der Waals surface area contributed by atoms with Crippen molar-refractivity contribution in [3.05, 3.63) is 0 Å². The van der Waals surface area contributed by atoms with Crippen LogP contribution in [0.5, 0.6) is 0 Å². The molecule has 1 fully saturated rings. The van der Waals surface area contributed by atoms with Gasteiger partial charge in [-0.2, -0.15) is 43.9 Å². The van der Waals surface area contributed by atoms with Crippen LogP contribution in [-0.4, -0.2) is 47.0 Å². The first-order valence-corrected chi connectivity index (χ1v) is 5.25. The summed E-state index contributed by atoms with van der Waals surface area (Å²) in [6, 6.07) is 0. The van der Waals surface area contributed by atoms with E-state index >= 15 is 0 Å². The van der Waals surface area contributed by atoms with E-state index < -0.39 is 54.7 Å². The zero-order valence-electron chi connectivity index (χ0n) is 9.73. The molecule has 0 spiro atoms. The molecule has 0 heterocycles. The van der Waals surface area contributed by atoms with Crippen molar-refractivity contribution < 1.29 is 53.4 Å². The lowest BCUT2D eigenvalue weighted by Gasteiger charge is -2.52. The van der Waals surface area contributed by atoms with E-state index in [4.69, 9.17) is 5.11 Å². The van der Waals surface area contributed by atoms with Gasteiger partial charge in [-0.25, -0.2) is 4.39 Å². The highest BCUT2D eigenvalue weighted by atomic mass is 19.4. The van der Waals surface area contributed by atoms with Crippen LogP contribution in [0.2, 0.25) is 0 Å². The van der Waals surface area contributed by atoms with Gasteiger partial charge in [0.05, 0.1) is 0 Å². The summed E-state index contributed by atoms with van der Waals surface area (Å²) in [6.07, 6.45) is -3.72. The van der Waals surface area contributed by atoms with Crippen LogP contribution < -0.4 is 0 Å². The van der Waals surface area contributed by atoms with E-state index in [1.807, 2.05) is 0 Å². The minimum absolute atomic E-state index is 1.29. The standard InChI is InChI=1S/C9H7F11O/c10-4(2-1-3-21)5(11,12)7(15,16)9(19,20)8(17,18)6(4,13)14/h21H,1-3H2. The fourth-order valence-electron chi connectivity index (χ4n) is 1.92. The second kappa shape index (κ2) is 4.35. The Labute approximate surface area is 109 Å². The molecule has 1 aliphatic carbocycles. The summed E-state index contributed by atoms with van der Waals surface area (Å²) in [7, 11) is 0. The molecule has 1 nitrogen and oxygen atoms in total. The molecule has 0 aromatic rings.